The van der Waals surface area contributed by atoms with Gasteiger partial charge in [0, 0.05) is 31.2 Å². The summed E-state index contributed by atoms with van der Waals surface area (Å²) in [6.07, 6.45) is 5.08. The van der Waals surface area contributed by atoms with Crippen LogP contribution < -0.4 is 5.32 Å². The maximum absolute atomic E-state index is 12.8. The Morgan fingerprint density at radius 1 is 1.07 bits per heavy atom. The number of carbonyl (C=O) groups is 2. The normalized spacial score (nSPS) is 15.4. The lowest BCUT2D eigenvalue weighted by atomic mass is 9.86. The monoisotopic (exact) mass is 379 g/mol. The van der Waals surface area contributed by atoms with Crippen LogP contribution in [0.2, 0.25) is 0 Å². The van der Waals surface area contributed by atoms with E-state index in [0.29, 0.717) is 17.0 Å². The van der Waals surface area contributed by atoms with Crippen molar-refractivity contribution in [1.29, 1.82) is 0 Å². The summed E-state index contributed by atoms with van der Waals surface area (Å²) in [6, 6.07) is 9.43. The lowest BCUT2D eigenvalue weighted by molar-refractivity contribution is 0.0697. The number of hydrogen-bond acceptors (Lipinski definition) is 3. The third-order valence-electron chi connectivity index (χ3n) is 5.30. The zero-order valence-electron chi connectivity index (χ0n) is 17.2. The second-order valence-electron chi connectivity index (χ2n) is 8.69. The number of pyridine rings is 1. The molecule has 28 heavy (non-hydrogen) atoms. The summed E-state index contributed by atoms with van der Waals surface area (Å²) < 4.78 is 0. The number of rotatable bonds is 3. The maximum atomic E-state index is 12.8. The zero-order chi connectivity index (χ0) is 20.3. The average molecular weight is 380 g/mol. The maximum Gasteiger partial charge on any atom is 0.257 e. The summed E-state index contributed by atoms with van der Waals surface area (Å²) >= 11 is 0. The van der Waals surface area contributed by atoms with Gasteiger partial charge in [-0.1, -0.05) is 45.9 Å². The van der Waals surface area contributed by atoms with Gasteiger partial charge < -0.3 is 10.2 Å². The Balaban J connectivity index is 1.77. The van der Waals surface area contributed by atoms with Crippen molar-refractivity contribution in [1.82, 2.24) is 9.88 Å². The van der Waals surface area contributed by atoms with E-state index in [2.05, 4.69) is 38.0 Å². The van der Waals surface area contributed by atoms with E-state index in [0.717, 1.165) is 37.2 Å². The number of benzene rings is 1. The van der Waals surface area contributed by atoms with Crippen LogP contribution in [0.3, 0.4) is 0 Å². The minimum Gasteiger partial charge on any atom is -0.339 e. The lowest BCUT2D eigenvalue weighted by Gasteiger charge is -2.30. The number of para-hydroxylation sites is 1. The van der Waals surface area contributed by atoms with Crippen molar-refractivity contribution in [3.63, 3.8) is 0 Å². The Hall–Kier alpha value is -2.69. The molecular formula is C23H29N3O2. The Morgan fingerprint density at radius 3 is 2.39 bits per heavy atom. The van der Waals surface area contributed by atoms with Gasteiger partial charge in [0.05, 0.1) is 11.1 Å². The molecule has 5 heteroatoms. The van der Waals surface area contributed by atoms with Crippen LogP contribution in [0.15, 0.2) is 42.7 Å². The standard InChI is InChI=1S/C23H29N3O2/c1-16-9-11-26(12-10-16)22(28)18-13-17(14-24-15-18)21(27)25-20-8-6-5-7-19(20)23(2,3)4/h5-8,13-16H,9-12H2,1-4H3,(H,25,27). The molecule has 148 valence electrons. The third-order valence-corrected chi connectivity index (χ3v) is 5.30. The van der Waals surface area contributed by atoms with E-state index in [9.17, 15) is 9.59 Å². The van der Waals surface area contributed by atoms with Gasteiger partial charge in [0.2, 0.25) is 0 Å². The molecule has 1 aromatic carbocycles. The Morgan fingerprint density at radius 2 is 1.71 bits per heavy atom. The van der Waals surface area contributed by atoms with Gasteiger partial charge >= 0.3 is 0 Å². The van der Waals surface area contributed by atoms with Gasteiger partial charge in [-0.25, -0.2) is 0 Å². The SMILES string of the molecule is CC1CCN(C(=O)c2cncc(C(=O)Nc3ccccc3C(C)(C)C)c2)CC1. The molecule has 1 fully saturated rings. The highest BCUT2D eigenvalue weighted by Gasteiger charge is 2.23. The van der Waals surface area contributed by atoms with E-state index in [1.54, 1.807) is 12.3 Å². The molecule has 2 aromatic rings. The molecule has 0 saturated carbocycles. The van der Waals surface area contributed by atoms with Crippen molar-refractivity contribution in [2.24, 2.45) is 5.92 Å². The van der Waals surface area contributed by atoms with Crippen molar-refractivity contribution in [2.75, 3.05) is 18.4 Å². The summed E-state index contributed by atoms with van der Waals surface area (Å²) in [5, 5.41) is 2.98. The number of carbonyl (C=O) groups excluding carboxylic acids is 2. The average Bonchev–Trinajstić information content (AvgIpc) is 2.68. The lowest BCUT2D eigenvalue weighted by Crippen LogP contribution is -2.38. The number of piperidine rings is 1. The van der Waals surface area contributed by atoms with Crippen molar-refractivity contribution in [3.05, 3.63) is 59.4 Å². The predicted octanol–water partition coefficient (Wildman–Crippen LogP) is 4.50. The van der Waals surface area contributed by atoms with Crippen LogP contribution in [0.5, 0.6) is 0 Å². The molecule has 0 spiro atoms. The third kappa shape index (κ3) is 4.58. The fraction of sp³-hybridized carbons (Fsp3) is 0.435. The van der Waals surface area contributed by atoms with Crippen LogP contribution in [-0.2, 0) is 5.41 Å². The zero-order valence-corrected chi connectivity index (χ0v) is 17.2. The number of amides is 2. The minimum atomic E-state index is -0.258. The van der Waals surface area contributed by atoms with Crippen LogP contribution in [0.25, 0.3) is 0 Å². The molecule has 1 aliphatic rings. The van der Waals surface area contributed by atoms with E-state index in [4.69, 9.17) is 0 Å². The van der Waals surface area contributed by atoms with Crippen LogP contribution in [0, 0.1) is 5.92 Å². The van der Waals surface area contributed by atoms with E-state index < -0.39 is 0 Å². The molecule has 0 bridgehead atoms. The first kappa shape index (κ1) is 20.1. The molecule has 1 saturated heterocycles. The first-order valence-electron chi connectivity index (χ1n) is 9.91. The van der Waals surface area contributed by atoms with Gasteiger partial charge in [0.1, 0.15) is 0 Å². The molecule has 2 heterocycles. The topological polar surface area (TPSA) is 62.3 Å². The highest BCUT2D eigenvalue weighted by atomic mass is 16.2. The van der Waals surface area contributed by atoms with E-state index in [-0.39, 0.29) is 17.2 Å². The van der Waals surface area contributed by atoms with Crippen LogP contribution in [0.1, 0.15) is 66.8 Å². The van der Waals surface area contributed by atoms with Crippen LogP contribution in [-0.4, -0.2) is 34.8 Å². The highest BCUT2D eigenvalue weighted by Crippen LogP contribution is 2.29. The van der Waals surface area contributed by atoms with Crippen LogP contribution >= 0.6 is 0 Å². The van der Waals surface area contributed by atoms with Gasteiger partial charge in [-0.05, 0) is 41.9 Å². The largest absolute Gasteiger partial charge is 0.339 e. The quantitative estimate of drug-likeness (QED) is 0.854. The number of aromatic nitrogens is 1. The molecule has 1 N–H and O–H groups in total. The molecule has 0 unspecified atom stereocenters. The fourth-order valence-electron chi connectivity index (χ4n) is 3.52. The number of anilines is 1. The summed E-state index contributed by atoms with van der Waals surface area (Å²) in [5.41, 5.74) is 2.60. The highest BCUT2D eigenvalue weighted by molar-refractivity contribution is 6.06. The Bertz CT molecular complexity index is 862. The molecule has 3 rings (SSSR count). The van der Waals surface area contributed by atoms with E-state index in [1.165, 1.54) is 6.20 Å². The first-order chi connectivity index (χ1) is 13.3. The number of hydrogen-bond donors (Lipinski definition) is 1. The second-order valence-corrected chi connectivity index (χ2v) is 8.69. The molecule has 0 radical (unpaired) electrons. The van der Waals surface area contributed by atoms with Gasteiger partial charge in [0.25, 0.3) is 11.8 Å². The van der Waals surface area contributed by atoms with E-state index >= 15 is 0 Å². The predicted molar refractivity (Wildman–Crippen MR) is 112 cm³/mol. The summed E-state index contributed by atoms with van der Waals surface area (Å²) in [4.78, 5) is 31.6. The number of likely N-dealkylation sites (tertiary alicyclic amines) is 1. The van der Waals surface area contributed by atoms with Gasteiger partial charge in [-0.15, -0.1) is 0 Å². The first-order valence-corrected chi connectivity index (χ1v) is 9.91. The van der Waals surface area contributed by atoms with Crippen molar-refractivity contribution >= 4 is 17.5 Å². The fourth-order valence-corrected chi connectivity index (χ4v) is 3.52. The van der Waals surface area contributed by atoms with Gasteiger partial charge in [-0.2, -0.15) is 0 Å². The summed E-state index contributed by atoms with van der Waals surface area (Å²) in [7, 11) is 0. The molecular weight excluding hydrogens is 350 g/mol. The summed E-state index contributed by atoms with van der Waals surface area (Å²) in [6.45, 7) is 10.1. The Labute approximate surface area is 167 Å². The molecule has 0 aliphatic carbocycles. The summed E-state index contributed by atoms with van der Waals surface area (Å²) in [5.74, 6) is 0.345. The minimum absolute atomic E-state index is 0.0517. The van der Waals surface area contributed by atoms with Crippen molar-refractivity contribution < 1.29 is 9.59 Å². The molecule has 1 aromatic heterocycles. The van der Waals surface area contributed by atoms with E-state index in [1.807, 2.05) is 29.2 Å². The number of nitrogens with zero attached hydrogens (tertiary/aromatic N) is 2. The number of nitrogens with one attached hydrogen (secondary N) is 1. The van der Waals surface area contributed by atoms with Crippen LogP contribution in [0.4, 0.5) is 5.69 Å². The van der Waals surface area contributed by atoms with Crippen molar-refractivity contribution in [3.8, 4) is 0 Å². The van der Waals surface area contributed by atoms with Gasteiger partial charge in [-0.3, -0.25) is 14.6 Å². The molecule has 0 atom stereocenters. The molecule has 1 aliphatic heterocycles. The second kappa shape index (κ2) is 8.13. The molecule has 2 amide bonds. The Kier molecular flexibility index (Phi) is 5.82. The smallest absolute Gasteiger partial charge is 0.257 e. The van der Waals surface area contributed by atoms with Crippen molar-refractivity contribution in [2.45, 2.75) is 46.0 Å². The van der Waals surface area contributed by atoms with Gasteiger partial charge in [0.15, 0.2) is 0 Å². The molecule has 5 nitrogen and oxygen atoms in total.